The number of carbonyl (C=O) groups is 1. The summed E-state index contributed by atoms with van der Waals surface area (Å²) in [5.41, 5.74) is 0.373. The number of sulfonamides is 1. The molecule has 0 aliphatic rings. The van der Waals surface area contributed by atoms with Crippen LogP contribution in [-0.4, -0.2) is 58.2 Å². The lowest BCUT2D eigenvalue weighted by atomic mass is 10.5. The Bertz CT molecular complexity index is 711. The van der Waals surface area contributed by atoms with Gasteiger partial charge in [0, 0.05) is 19.4 Å². The average molecular weight is 310 g/mol. The van der Waals surface area contributed by atoms with Gasteiger partial charge in [0.25, 0.3) is 5.95 Å². The van der Waals surface area contributed by atoms with E-state index in [4.69, 9.17) is 0 Å². The molecule has 2 rings (SSSR count). The second kappa shape index (κ2) is 5.97. The van der Waals surface area contributed by atoms with Crippen molar-refractivity contribution in [3.63, 3.8) is 0 Å². The van der Waals surface area contributed by atoms with E-state index in [1.54, 1.807) is 18.5 Å². The van der Waals surface area contributed by atoms with Crippen molar-refractivity contribution in [1.29, 1.82) is 0 Å². The Morgan fingerprint density at radius 3 is 2.57 bits per heavy atom. The molecule has 2 heterocycles. The van der Waals surface area contributed by atoms with Crippen LogP contribution in [0.25, 0.3) is 5.95 Å². The number of rotatable bonds is 5. The summed E-state index contributed by atoms with van der Waals surface area (Å²) in [5, 5.41) is 6.49. The van der Waals surface area contributed by atoms with Crippen molar-refractivity contribution in [2.75, 3.05) is 25.2 Å². The molecule has 2 aromatic rings. The summed E-state index contributed by atoms with van der Waals surface area (Å²) in [5.74, 6) is -0.107. The topological polar surface area (TPSA) is 110 Å². The first kappa shape index (κ1) is 15.1. The van der Waals surface area contributed by atoms with E-state index in [2.05, 4.69) is 20.4 Å². The minimum absolute atomic E-state index is 0.278. The van der Waals surface area contributed by atoms with Crippen molar-refractivity contribution in [3.05, 3.63) is 30.9 Å². The SMILES string of the molecule is CN(CC(=O)Nc1cnc(-n2cccn2)nc1)S(C)(=O)=O. The highest BCUT2D eigenvalue weighted by Gasteiger charge is 2.15. The number of carbonyl (C=O) groups excluding carboxylic acids is 1. The molecule has 0 saturated carbocycles. The van der Waals surface area contributed by atoms with Crippen LogP contribution in [0.5, 0.6) is 0 Å². The molecule has 10 heteroatoms. The summed E-state index contributed by atoms with van der Waals surface area (Å²) in [6.45, 7) is -0.278. The van der Waals surface area contributed by atoms with Gasteiger partial charge < -0.3 is 5.32 Å². The van der Waals surface area contributed by atoms with Crippen LogP contribution in [0, 0.1) is 0 Å². The third-order valence-corrected chi connectivity index (χ3v) is 3.83. The van der Waals surface area contributed by atoms with E-state index in [0.717, 1.165) is 10.6 Å². The minimum Gasteiger partial charge on any atom is -0.322 e. The highest BCUT2D eigenvalue weighted by atomic mass is 32.2. The number of amides is 1. The normalized spacial score (nSPS) is 11.6. The molecular formula is C11H14N6O3S. The maximum atomic E-state index is 11.7. The van der Waals surface area contributed by atoms with Crippen molar-refractivity contribution in [2.45, 2.75) is 0 Å². The highest BCUT2D eigenvalue weighted by Crippen LogP contribution is 2.05. The van der Waals surface area contributed by atoms with Crippen LogP contribution in [0.3, 0.4) is 0 Å². The molecule has 0 radical (unpaired) electrons. The van der Waals surface area contributed by atoms with Crippen molar-refractivity contribution in [2.24, 2.45) is 0 Å². The molecule has 9 nitrogen and oxygen atoms in total. The van der Waals surface area contributed by atoms with Gasteiger partial charge >= 0.3 is 0 Å². The maximum absolute atomic E-state index is 11.7. The van der Waals surface area contributed by atoms with Crippen LogP contribution in [0.15, 0.2) is 30.9 Å². The summed E-state index contributed by atoms with van der Waals surface area (Å²) in [6.07, 6.45) is 7.15. The summed E-state index contributed by atoms with van der Waals surface area (Å²) in [6, 6.07) is 1.74. The van der Waals surface area contributed by atoms with Crippen LogP contribution in [0.4, 0.5) is 5.69 Å². The number of anilines is 1. The fourth-order valence-corrected chi connectivity index (χ4v) is 1.76. The molecule has 0 saturated heterocycles. The second-order valence-corrected chi connectivity index (χ2v) is 6.38. The number of aromatic nitrogens is 4. The molecule has 0 bridgehead atoms. The standard InChI is InChI=1S/C11H14N6O3S/c1-16(21(2,19)20)8-10(18)15-9-6-12-11(13-7-9)17-5-3-4-14-17/h3-7H,8H2,1-2H3,(H,15,18). The fourth-order valence-electron chi connectivity index (χ4n) is 1.41. The number of hydrogen-bond acceptors (Lipinski definition) is 6. The molecule has 112 valence electrons. The van der Waals surface area contributed by atoms with Crippen LogP contribution in [0.1, 0.15) is 0 Å². The van der Waals surface area contributed by atoms with Crippen molar-refractivity contribution in [1.82, 2.24) is 24.1 Å². The van der Waals surface area contributed by atoms with Gasteiger partial charge in [0.2, 0.25) is 15.9 Å². The van der Waals surface area contributed by atoms with Gasteiger partial charge in [-0.3, -0.25) is 4.79 Å². The summed E-state index contributed by atoms with van der Waals surface area (Å²) < 4.78 is 24.8. The van der Waals surface area contributed by atoms with Crippen LogP contribution in [0.2, 0.25) is 0 Å². The molecule has 0 atom stereocenters. The Hall–Kier alpha value is -2.33. The van der Waals surface area contributed by atoms with Crippen molar-refractivity contribution >= 4 is 21.6 Å². The molecule has 0 aliphatic carbocycles. The molecule has 0 aliphatic heterocycles. The first-order valence-corrected chi connectivity index (χ1v) is 7.74. The monoisotopic (exact) mass is 310 g/mol. The lowest BCUT2D eigenvalue weighted by molar-refractivity contribution is -0.116. The van der Waals surface area contributed by atoms with Gasteiger partial charge in [-0.1, -0.05) is 0 Å². The zero-order chi connectivity index (χ0) is 15.5. The molecule has 0 spiro atoms. The molecule has 2 aromatic heterocycles. The Morgan fingerprint density at radius 2 is 2.05 bits per heavy atom. The Kier molecular flexibility index (Phi) is 4.29. The van der Waals surface area contributed by atoms with Gasteiger partial charge in [0.15, 0.2) is 0 Å². The van der Waals surface area contributed by atoms with E-state index in [-0.39, 0.29) is 6.54 Å². The molecule has 0 aromatic carbocycles. The van der Waals surface area contributed by atoms with E-state index >= 15 is 0 Å². The second-order valence-electron chi connectivity index (χ2n) is 4.29. The van der Waals surface area contributed by atoms with Gasteiger partial charge in [-0.2, -0.15) is 9.40 Å². The van der Waals surface area contributed by atoms with E-state index in [9.17, 15) is 13.2 Å². The molecule has 1 amide bonds. The summed E-state index contributed by atoms with van der Waals surface area (Å²) in [7, 11) is -2.07. The first-order chi connectivity index (χ1) is 9.86. The molecule has 1 N–H and O–H groups in total. The minimum atomic E-state index is -3.40. The third-order valence-electron chi connectivity index (χ3n) is 2.56. The van der Waals surface area contributed by atoms with Gasteiger partial charge in [-0.25, -0.2) is 23.1 Å². The number of hydrogen-bond donors (Lipinski definition) is 1. The van der Waals surface area contributed by atoms with Crippen LogP contribution >= 0.6 is 0 Å². The highest BCUT2D eigenvalue weighted by molar-refractivity contribution is 7.88. The molecule has 21 heavy (non-hydrogen) atoms. The first-order valence-electron chi connectivity index (χ1n) is 5.89. The van der Waals surface area contributed by atoms with Gasteiger partial charge in [0.05, 0.1) is 30.9 Å². The number of nitrogens with zero attached hydrogens (tertiary/aromatic N) is 5. The smallest absolute Gasteiger partial charge is 0.250 e. The Balaban J connectivity index is 1.99. The quantitative estimate of drug-likeness (QED) is 0.796. The lowest BCUT2D eigenvalue weighted by Crippen LogP contribution is -2.34. The molecule has 0 unspecified atom stereocenters. The van der Waals surface area contributed by atoms with E-state index < -0.39 is 15.9 Å². The van der Waals surface area contributed by atoms with E-state index in [1.165, 1.54) is 24.1 Å². The number of likely N-dealkylation sites (N-methyl/N-ethyl adjacent to an activating group) is 1. The van der Waals surface area contributed by atoms with Crippen LogP contribution in [-0.2, 0) is 14.8 Å². The zero-order valence-corrected chi connectivity index (χ0v) is 12.3. The summed E-state index contributed by atoms with van der Waals surface area (Å²) >= 11 is 0. The zero-order valence-electron chi connectivity index (χ0n) is 11.5. The summed E-state index contributed by atoms with van der Waals surface area (Å²) in [4.78, 5) is 19.8. The van der Waals surface area contributed by atoms with Gasteiger partial charge in [-0.05, 0) is 6.07 Å². The van der Waals surface area contributed by atoms with Gasteiger partial charge in [-0.15, -0.1) is 0 Å². The van der Waals surface area contributed by atoms with Gasteiger partial charge in [0.1, 0.15) is 0 Å². The maximum Gasteiger partial charge on any atom is 0.250 e. The number of nitrogens with one attached hydrogen (secondary N) is 1. The van der Waals surface area contributed by atoms with Crippen LogP contribution < -0.4 is 5.32 Å². The Morgan fingerprint density at radius 1 is 1.38 bits per heavy atom. The van der Waals surface area contributed by atoms with E-state index in [0.29, 0.717) is 11.6 Å². The lowest BCUT2D eigenvalue weighted by Gasteiger charge is -2.13. The third kappa shape index (κ3) is 4.07. The predicted octanol–water partition coefficient (Wildman–Crippen LogP) is -0.508. The predicted molar refractivity (Wildman–Crippen MR) is 75.3 cm³/mol. The largest absolute Gasteiger partial charge is 0.322 e. The Labute approximate surface area is 121 Å². The average Bonchev–Trinajstić information content (AvgIpc) is 2.92. The van der Waals surface area contributed by atoms with Crippen molar-refractivity contribution in [3.8, 4) is 5.95 Å². The molecule has 0 fully saturated rings. The fraction of sp³-hybridized carbons (Fsp3) is 0.273. The van der Waals surface area contributed by atoms with Crippen molar-refractivity contribution < 1.29 is 13.2 Å². The van der Waals surface area contributed by atoms with E-state index in [1.807, 2.05) is 0 Å². The molecular weight excluding hydrogens is 296 g/mol.